The van der Waals surface area contributed by atoms with Gasteiger partial charge in [-0.25, -0.2) is 9.18 Å². The number of likely N-dealkylation sites (tertiary alicyclic amines) is 1. The predicted molar refractivity (Wildman–Crippen MR) is 65.8 cm³/mol. The quantitative estimate of drug-likeness (QED) is 0.894. The second kappa shape index (κ2) is 5.69. The molecule has 5 nitrogen and oxygen atoms in total. The van der Waals surface area contributed by atoms with E-state index in [1.807, 2.05) is 18.2 Å². The van der Waals surface area contributed by atoms with Crippen LogP contribution in [0.15, 0.2) is 30.3 Å². The number of amides is 2. The Kier molecular flexibility index (Phi) is 3.99. The van der Waals surface area contributed by atoms with Gasteiger partial charge >= 0.3 is 6.09 Å². The van der Waals surface area contributed by atoms with Crippen molar-refractivity contribution in [3.05, 3.63) is 35.9 Å². The average molecular weight is 266 g/mol. The Morgan fingerprint density at radius 1 is 1.37 bits per heavy atom. The maximum absolute atomic E-state index is 13.3. The van der Waals surface area contributed by atoms with Crippen molar-refractivity contribution >= 4 is 12.0 Å². The number of carbonyl (C=O) groups is 2. The molecule has 1 saturated heterocycles. The van der Waals surface area contributed by atoms with Crippen molar-refractivity contribution in [1.82, 2.24) is 4.90 Å². The summed E-state index contributed by atoms with van der Waals surface area (Å²) in [5.41, 5.74) is 5.96. The van der Waals surface area contributed by atoms with E-state index in [0.29, 0.717) is 0 Å². The van der Waals surface area contributed by atoms with Crippen molar-refractivity contribution in [3.8, 4) is 0 Å². The van der Waals surface area contributed by atoms with Gasteiger partial charge in [0.05, 0.1) is 6.54 Å². The summed E-state index contributed by atoms with van der Waals surface area (Å²) in [5.74, 6) is -0.711. The van der Waals surface area contributed by atoms with Gasteiger partial charge in [-0.3, -0.25) is 9.69 Å². The molecule has 0 spiro atoms. The highest BCUT2D eigenvalue weighted by atomic mass is 19.1. The lowest BCUT2D eigenvalue weighted by atomic mass is 10.2. The Balaban J connectivity index is 1.94. The second-order valence-electron chi connectivity index (χ2n) is 4.44. The van der Waals surface area contributed by atoms with Gasteiger partial charge in [0.25, 0.3) is 0 Å². The normalized spacial score (nSPS) is 22.3. The minimum atomic E-state index is -1.23. The van der Waals surface area contributed by atoms with Gasteiger partial charge in [-0.2, -0.15) is 0 Å². The van der Waals surface area contributed by atoms with Crippen LogP contribution in [0.5, 0.6) is 0 Å². The van der Waals surface area contributed by atoms with Crippen LogP contribution >= 0.6 is 0 Å². The first-order chi connectivity index (χ1) is 9.08. The third-order valence-electron chi connectivity index (χ3n) is 3.02. The van der Waals surface area contributed by atoms with E-state index < -0.39 is 24.2 Å². The molecule has 0 bridgehead atoms. The van der Waals surface area contributed by atoms with Gasteiger partial charge in [0.1, 0.15) is 18.8 Å². The fraction of sp³-hybridized carbons (Fsp3) is 0.385. The molecule has 2 atom stereocenters. The zero-order valence-corrected chi connectivity index (χ0v) is 10.3. The minimum absolute atomic E-state index is 0.0598. The topological polar surface area (TPSA) is 72.6 Å². The van der Waals surface area contributed by atoms with Gasteiger partial charge < -0.3 is 10.5 Å². The summed E-state index contributed by atoms with van der Waals surface area (Å²) in [6.07, 6.45) is -2.01. The van der Waals surface area contributed by atoms with Crippen LogP contribution in [-0.2, 0) is 16.1 Å². The number of nitrogens with two attached hydrogens (primary N) is 1. The van der Waals surface area contributed by atoms with E-state index in [-0.39, 0.29) is 19.6 Å². The molecule has 2 N–H and O–H groups in total. The van der Waals surface area contributed by atoms with E-state index in [1.54, 1.807) is 12.1 Å². The van der Waals surface area contributed by atoms with E-state index in [9.17, 15) is 14.0 Å². The molecule has 1 fully saturated rings. The maximum Gasteiger partial charge on any atom is 0.410 e. The van der Waals surface area contributed by atoms with Crippen molar-refractivity contribution in [2.75, 3.05) is 6.54 Å². The molecule has 0 radical (unpaired) electrons. The number of primary amides is 1. The molecule has 0 aromatic heterocycles. The molecule has 1 aliphatic heterocycles. The molecular weight excluding hydrogens is 251 g/mol. The third kappa shape index (κ3) is 3.21. The Hall–Kier alpha value is -2.11. The molecule has 1 aromatic rings. The summed E-state index contributed by atoms with van der Waals surface area (Å²) >= 11 is 0. The second-order valence-corrected chi connectivity index (χ2v) is 4.44. The maximum atomic E-state index is 13.3. The van der Waals surface area contributed by atoms with E-state index >= 15 is 0 Å². The number of halogens is 1. The zero-order chi connectivity index (χ0) is 13.8. The standard InChI is InChI=1S/C13H15FN2O3/c14-10-6-11(12(15)17)16(7-10)13(18)19-8-9-4-2-1-3-5-9/h1-5,10-11H,6-8H2,(H2,15,17)/t10?,11-/m0/s1. The number of alkyl halides is 1. The number of benzene rings is 1. The lowest BCUT2D eigenvalue weighted by Crippen LogP contribution is -2.43. The van der Waals surface area contributed by atoms with Crippen molar-refractivity contribution in [3.63, 3.8) is 0 Å². The van der Waals surface area contributed by atoms with Crippen LogP contribution in [0, 0.1) is 0 Å². The molecule has 0 saturated carbocycles. The number of hydrogen-bond donors (Lipinski definition) is 1. The third-order valence-corrected chi connectivity index (χ3v) is 3.02. The number of nitrogens with zero attached hydrogens (tertiary/aromatic N) is 1. The summed E-state index contributed by atoms with van der Waals surface area (Å²) in [6.45, 7) is -0.0696. The van der Waals surface area contributed by atoms with Gasteiger partial charge in [0.2, 0.25) is 5.91 Å². The highest BCUT2D eigenvalue weighted by Crippen LogP contribution is 2.21. The highest BCUT2D eigenvalue weighted by molar-refractivity contribution is 5.85. The Morgan fingerprint density at radius 2 is 2.05 bits per heavy atom. The number of hydrogen-bond acceptors (Lipinski definition) is 3. The number of rotatable bonds is 3. The monoisotopic (exact) mass is 266 g/mol. The smallest absolute Gasteiger partial charge is 0.410 e. The van der Waals surface area contributed by atoms with Crippen LogP contribution in [-0.4, -0.2) is 35.7 Å². The van der Waals surface area contributed by atoms with Gasteiger partial charge in [-0.1, -0.05) is 30.3 Å². The summed E-state index contributed by atoms with van der Waals surface area (Å²) in [4.78, 5) is 24.0. The molecule has 2 rings (SSSR count). The van der Waals surface area contributed by atoms with Crippen molar-refractivity contribution in [2.24, 2.45) is 5.73 Å². The summed E-state index contributed by atoms with van der Waals surface area (Å²) in [7, 11) is 0. The van der Waals surface area contributed by atoms with Crippen LogP contribution in [0.2, 0.25) is 0 Å². The Morgan fingerprint density at radius 3 is 2.68 bits per heavy atom. The lowest BCUT2D eigenvalue weighted by molar-refractivity contribution is -0.122. The molecule has 1 heterocycles. The van der Waals surface area contributed by atoms with Crippen LogP contribution in [0.3, 0.4) is 0 Å². The van der Waals surface area contributed by atoms with Crippen molar-refractivity contribution in [1.29, 1.82) is 0 Å². The fourth-order valence-electron chi connectivity index (χ4n) is 2.06. The number of carbonyl (C=O) groups excluding carboxylic acids is 2. The molecule has 1 aliphatic rings. The van der Waals surface area contributed by atoms with E-state index in [0.717, 1.165) is 10.5 Å². The summed E-state index contributed by atoms with van der Waals surface area (Å²) < 4.78 is 18.3. The first-order valence-corrected chi connectivity index (χ1v) is 5.98. The van der Waals surface area contributed by atoms with Gasteiger partial charge in [0, 0.05) is 6.42 Å². The van der Waals surface area contributed by atoms with E-state index in [2.05, 4.69) is 0 Å². The lowest BCUT2D eigenvalue weighted by Gasteiger charge is -2.21. The molecule has 1 unspecified atom stereocenters. The largest absolute Gasteiger partial charge is 0.445 e. The molecule has 0 aliphatic carbocycles. The number of ether oxygens (including phenoxy) is 1. The van der Waals surface area contributed by atoms with Crippen LogP contribution in [0.1, 0.15) is 12.0 Å². The van der Waals surface area contributed by atoms with Crippen LogP contribution < -0.4 is 5.73 Å². The van der Waals surface area contributed by atoms with Crippen LogP contribution in [0.25, 0.3) is 0 Å². The summed E-state index contributed by atoms with van der Waals surface area (Å²) in [5, 5.41) is 0. The first-order valence-electron chi connectivity index (χ1n) is 5.98. The van der Waals surface area contributed by atoms with Gasteiger partial charge in [-0.15, -0.1) is 0 Å². The van der Waals surface area contributed by atoms with Crippen molar-refractivity contribution in [2.45, 2.75) is 25.2 Å². The Labute approximate surface area is 110 Å². The zero-order valence-electron chi connectivity index (χ0n) is 10.3. The SMILES string of the molecule is NC(=O)[C@@H]1CC(F)CN1C(=O)OCc1ccccc1. The minimum Gasteiger partial charge on any atom is -0.445 e. The molecular formula is C13H15FN2O3. The molecule has 1 aromatic carbocycles. The van der Waals surface area contributed by atoms with E-state index in [1.165, 1.54) is 0 Å². The Bertz CT molecular complexity index is 466. The predicted octanol–water partition coefficient (Wildman–Crippen LogP) is 1.22. The highest BCUT2D eigenvalue weighted by Gasteiger charge is 2.39. The first kappa shape index (κ1) is 13.3. The molecule has 2 amide bonds. The molecule has 19 heavy (non-hydrogen) atoms. The summed E-state index contributed by atoms with van der Waals surface area (Å²) in [6, 6.07) is 8.19. The van der Waals surface area contributed by atoms with E-state index in [4.69, 9.17) is 10.5 Å². The molecule has 6 heteroatoms. The fourth-order valence-corrected chi connectivity index (χ4v) is 2.06. The van der Waals surface area contributed by atoms with Crippen molar-refractivity contribution < 1.29 is 18.7 Å². The molecule has 102 valence electrons. The van der Waals surface area contributed by atoms with Gasteiger partial charge in [0.15, 0.2) is 0 Å². The van der Waals surface area contributed by atoms with Crippen LogP contribution in [0.4, 0.5) is 9.18 Å². The average Bonchev–Trinajstić information content (AvgIpc) is 2.79. The van der Waals surface area contributed by atoms with Gasteiger partial charge in [-0.05, 0) is 5.56 Å².